The predicted octanol–water partition coefficient (Wildman–Crippen LogP) is 3.64. The van der Waals surface area contributed by atoms with Gasteiger partial charge in [-0.1, -0.05) is 23.7 Å². The molecule has 1 unspecified atom stereocenters. The molecular formula is C16H19ClN2O. The molecule has 1 N–H and O–H groups in total. The Hall–Kier alpha value is -1.58. The van der Waals surface area contributed by atoms with Gasteiger partial charge in [0.05, 0.1) is 23.9 Å². The second kappa shape index (κ2) is 7.27. The first-order valence-electron chi connectivity index (χ1n) is 6.65. The number of hydrogen-bond acceptors (Lipinski definition) is 3. The Morgan fingerprint density at radius 3 is 2.60 bits per heavy atom. The van der Waals surface area contributed by atoms with Gasteiger partial charge in [0.2, 0.25) is 0 Å². The lowest BCUT2D eigenvalue weighted by Gasteiger charge is -2.16. The monoisotopic (exact) mass is 290 g/mol. The summed E-state index contributed by atoms with van der Waals surface area (Å²) in [5.41, 5.74) is 2.18. The Balaban J connectivity index is 2.02. The van der Waals surface area contributed by atoms with Gasteiger partial charge in [-0.2, -0.15) is 0 Å². The zero-order valence-corrected chi connectivity index (χ0v) is 12.5. The minimum Gasteiger partial charge on any atom is -0.497 e. The molecule has 0 spiro atoms. The van der Waals surface area contributed by atoms with Crippen LogP contribution in [0.1, 0.15) is 23.7 Å². The SMILES string of the molecule is CNC(CCc1ccc(OC)cc1)c1ncccc1Cl. The van der Waals surface area contributed by atoms with E-state index in [1.165, 1.54) is 5.56 Å². The van der Waals surface area contributed by atoms with Gasteiger partial charge in [-0.25, -0.2) is 0 Å². The van der Waals surface area contributed by atoms with Crippen molar-refractivity contribution in [2.75, 3.05) is 14.2 Å². The molecule has 0 radical (unpaired) electrons. The maximum atomic E-state index is 6.20. The van der Waals surface area contributed by atoms with Gasteiger partial charge in [-0.15, -0.1) is 0 Å². The molecule has 20 heavy (non-hydrogen) atoms. The van der Waals surface area contributed by atoms with Crippen LogP contribution < -0.4 is 10.1 Å². The average Bonchev–Trinajstić information content (AvgIpc) is 2.50. The molecule has 4 heteroatoms. The minimum atomic E-state index is 0.158. The molecule has 0 aliphatic heterocycles. The Kier molecular flexibility index (Phi) is 5.39. The summed E-state index contributed by atoms with van der Waals surface area (Å²) in [4.78, 5) is 4.37. The fourth-order valence-electron chi connectivity index (χ4n) is 2.18. The number of nitrogens with zero attached hydrogens (tertiary/aromatic N) is 1. The number of hydrogen-bond donors (Lipinski definition) is 1. The molecule has 0 bridgehead atoms. The minimum absolute atomic E-state index is 0.158. The van der Waals surface area contributed by atoms with E-state index < -0.39 is 0 Å². The molecule has 0 saturated heterocycles. The summed E-state index contributed by atoms with van der Waals surface area (Å²) in [5, 5.41) is 3.99. The van der Waals surface area contributed by atoms with E-state index in [1.54, 1.807) is 13.3 Å². The third-order valence-electron chi connectivity index (χ3n) is 3.35. The first kappa shape index (κ1) is 14.8. The average molecular weight is 291 g/mol. The second-order valence-electron chi connectivity index (χ2n) is 4.60. The summed E-state index contributed by atoms with van der Waals surface area (Å²) >= 11 is 6.20. The molecular weight excluding hydrogens is 272 g/mol. The van der Waals surface area contributed by atoms with E-state index in [2.05, 4.69) is 22.4 Å². The van der Waals surface area contributed by atoms with E-state index in [0.717, 1.165) is 24.3 Å². The molecule has 2 aromatic rings. The van der Waals surface area contributed by atoms with Crippen molar-refractivity contribution in [1.29, 1.82) is 0 Å². The van der Waals surface area contributed by atoms with Crippen LogP contribution in [0.4, 0.5) is 0 Å². The van der Waals surface area contributed by atoms with Gasteiger partial charge in [0.25, 0.3) is 0 Å². The number of benzene rings is 1. The molecule has 1 atom stereocenters. The van der Waals surface area contributed by atoms with Crippen molar-refractivity contribution in [3.63, 3.8) is 0 Å². The molecule has 0 saturated carbocycles. The summed E-state index contributed by atoms with van der Waals surface area (Å²) in [5.74, 6) is 0.881. The predicted molar refractivity (Wildman–Crippen MR) is 82.4 cm³/mol. The zero-order valence-electron chi connectivity index (χ0n) is 11.8. The zero-order chi connectivity index (χ0) is 14.4. The molecule has 1 heterocycles. The summed E-state index contributed by atoms with van der Waals surface area (Å²) in [7, 11) is 3.61. The molecule has 2 rings (SSSR count). The fraction of sp³-hybridized carbons (Fsp3) is 0.312. The highest BCUT2D eigenvalue weighted by molar-refractivity contribution is 6.31. The number of ether oxygens (including phenoxy) is 1. The van der Waals surface area contributed by atoms with Crippen LogP contribution in [0.2, 0.25) is 5.02 Å². The third kappa shape index (κ3) is 3.71. The third-order valence-corrected chi connectivity index (χ3v) is 3.67. The van der Waals surface area contributed by atoms with Crippen LogP contribution in [0.5, 0.6) is 5.75 Å². The van der Waals surface area contributed by atoms with Gasteiger partial charge < -0.3 is 10.1 Å². The maximum absolute atomic E-state index is 6.20. The van der Waals surface area contributed by atoms with E-state index in [1.807, 2.05) is 31.3 Å². The van der Waals surface area contributed by atoms with Crippen LogP contribution in [-0.2, 0) is 6.42 Å². The van der Waals surface area contributed by atoms with Gasteiger partial charge in [-0.05, 0) is 49.7 Å². The molecule has 0 aliphatic rings. The van der Waals surface area contributed by atoms with Gasteiger partial charge >= 0.3 is 0 Å². The van der Waals surface area contributed by atoms with Crippen molar-refractivity contribution in [3.05, 3.63) is 58.9 Å². The lowest BCUT2D eigenvalue weighted by Crippen LogP contribution is -2.18. The van der Waals surface area contributed by atoms with Crippen LogP contribution in [-0.4, -0.2) is 19.1 Å². The summed E-state index contributed by atoms with van der Waals surface area (Å²) in [6, 6.07) is 12.0. The van der Waals surface area contributed by atoms with Crippen molar-refractivity contribution in [2.24, 2.45) is 0 Å². The van der Waals surface area contributed by atoms with Crippen LogP contribution >= 0.6 is 11.6 Å². The summed E-state index contributed by atoms with van der Waals surface area (Å²) < 4.78 is 5.16. The lowest BCUT2D eigenvalue weighted by molar-refractivity contribution is 0.414. The van der Waals surface area contributed by atoms with Gasteiger partial charge in [-0.3, -0.25) is 4.98 Å². The fourth-order valence-corrected chi connectivity index (χ4v) is 2.43. The van der Waals surface area contributed by atoms with E-state index >= 15 is 0 Å². The normalized spacial score (nSPS) is 12.2. The molecule has 1 aromatic heterocycles. The molecule has 0 amide bonds. The van der Waals surface area contributed by atoms with Crippen molar-refractivity contribution in [3.8, 4) is 5.75 Å². The highest BCUT2D eigenvalue weighted by atomic mass is 35.5. The highest BCUT2D eigenvalue weighted by Crippen LogP contribution is 2.24. The summed E-state index contributed by atoms with van der Waals surface area (Å²) in [6.07, 6.45) is 3.68. The standard InChI is InChI=1S/C16H19ClN2O/c1-18-15(16-14(17)4-3-11-19-16)10-7-12-5-8-13(20-2)9-6-12/h3-6,8-9,11,15,18H,7,10H2,1-2H3. The van der Waals surface area contributed by atoms with Gasteiger partial charge in [0, 0.05) is 6.20 Å². The van der Waals surface area contributed by atoms with Crippen LogP contribution in [0, 0.1) is 0 Å². The number of methoxy groups -OCH3 is 1. The molecule has 0 fully saturated rings. The van der Waals surface area contributed by atoms with E-state index in [0.29, 0.717) is 5.02 Å². The molecule has 3 nitrogen and oxygen atoms in total. The van der Waals surface area contributed by atoms with Crippen molar-refractivity contribution in [2.45, 2.75) is 18.9 Å². The van der Waals surface area contributed by atoms with Gasteiger partial charge in [0.1, 0.15) is 5.75 Å². The van der Waals surface area contributed by atoms with Crippen molar-refractivity contribution in [1.82, 2.24) is 10.3 Å². The van der Waals surface area contributed by atoms with Crippen molar-refractivity contribution < 1.29 is 4.74 Å². The Morgan fingerprint density at radius 1 is 1.25 bits per heavy atom. The van der Waals surface area contributed by atoms with Crippen LogP contribution in [0.25, 0.3) is 0 Å². The largest absolute Gasteiger partial charge is 0.497 e. The Morgan fingerprint density at radius 2 is 2.00 bits per heavy atom. The molecule has 106 valence electrons. The number of aryl methyl sites for hydroxylation is 1. The Labute approximate surface area is 124 Å². The maximum Gasteiger partial charge on any atom is 0.118 e. The number of halogens is 1. The van der Waals surface area contributed by atoms with Crippen LogP contribution in [0.3, 0.4) is 0 Å². The number of nitrogens with one attached hydrogen (secondary N) is 1. The topological polar surface area (TPSA) is 34.1 Å². The number of rotatable bonds is 6. The number of aromatic nitrogens is 1. The molecule has 0 aliphatic carbocycles. The van der Waals surface area contributed by atoms with E-state index in [-0.39, 0.29) is 6.04 Å². The van der Waals surface area contributed by atoms with E-state index in [4.69, 9.17) is 16.3 Å². The highest BCUT2D eigenvalue weighted by Gasteiger charge is 2.13. The smallest absolute Gasteiger partial charge is 0.118 e. The second-order valence-corrected chi connectivity index (χ2v) is 5.01. The van der Waals surface area contributed by atoms with Crippen LogP contribution in [0.15, 0.2) is 42.6 Å². The van der Waals surface area contributed by atoms with Crippen molar-refractivity contribution >= 4 is 11.6 Å². The first-order valence-corrected chi connectivity index (χ1v) is 7.03. The van der Waals surface area contributed by atoms with Gasteiger partial charge in [0.15, 0.2) is 0 Å². The molecule has 1 aromatic carbocycles. The number of pyridine rings is 1. The first-order chi connectivity index (χ1) is 9.74. The van der Waals surface area contributed by atoms with E-state index in [9.17, 15) is 0 Å². The summed E-state index contributed by atoms with van der Waals surface area (Å²) in [6.45, 7) is 0. The quantitative estimate of drug-likeness (QED) is 0.882. The Bertz CT molecular complexity index is 542. The lowest BCUT2D eigenvalue weighted by atomic mass is 10.0.